The summed E-state index contributed by atoms with van der Waals surface area (Å²) in [6, 6.07) is 0.979. The number of hydrogen-bond donors (Lipinski definition) is 1. The quantitative estimate of drug-likeness (QED) is 0.746. The number of alkyl halides is 6. The Morgan fingerprint density at radius 2 is 1.90 bits per heavy atom. The van der Waals surface area contributed by atoms with Gasteiger partial charge >= 0.3 is 12.4 Å². The Morgan fingerprint density at radius 1 is 1.20 bits per heavy atom. The average Bonchev–Trinajstić information content (AvgIpc) is 3.04. The molecule has 0 unspecified atom stereocenters. The molecule has 2 aromatic rings. The first-order valence-corrected chi connectivity index (χ1v) is 8.41. The van der Waals surface area contributed by atoms with E-state index < -0.39 is 47.4 Å². The molecule has 30 heavy (non-hydrogen) atoms. The Hall–Kier alpha value is -3.37. The Kier molecular flexibility index (Phi) is 5.31. The third kappa shape index (κ3) is 4.14. The summed E-state index contributed by atoms with van der Waals surface area (Å²) in [6.45, 7) is 1.80. The zero-order valence-corrected chi connectivity index (χ0v) is 15.3. The van der Waals surface area contributed by atoms with Crippen molar-refractivity contribution >= 4 is 11.7 Å². The molecule has 0 atom stereocenters. The molecule has 1 aliphatic rings. The van der Waals surface area contributed by atoms with Crippen molar-refractivity contribution in [1.29, 1.82) is 5.26 Å². The second-order valence-corrected chi connectivity index (χ2v) is 6.37. The van der Waals surface area contributed by atoms with Gasteiger partial charge in [-0.05, 0) is 13.0 Å². The first-order valence-electron chi connectivity index (χ1n) is 8.41. The van der Waals surface area contributed by atoms with Crippen LogP contribution in [0.1, 0.15) is 28.5 Å². The van der Waals surface area contributed by atoms with Gasteiger partial charge in [-0.25, -0.2) is 4.98 Å². The number of hydrogen-bond acceptors (Lipinski definition) is 6. The summed E-state index contributed by atoms with van der Waals surface area (Å²) in [5, 5.41) is 19.0. The molecule has 0 aromatic carbocycles. The van der Waals surface area contributed by atoms with Crippen molar-refractivity contribution in [3.8, 4) is 6.07 Å². The van der Waals surface area contributed by atoms with E-state index in [0.29, 0.717) is 18.2 Å². The SMILES string of the molecule is Cc1nnc2n1CCN(C(=O)CNc1nc(C(F)(F)F)cc(C(F)(F)F)c1C#N)C2. The van der Waals surface area contributed by atoms with Gasteiger partial charge in [0.15, 0.2) is 5.82 Å². The summed E-state index contributed by atoms with van der Waals surface area (Å²) in [7, 11) is 0. The number of nitriles is 1. The van der Waals surface area contributed by atoms with E-state index in [-0.39, 0.29) is 19.2 Å². The second-order valence-electron chi connectivity index (χ2n) is 6.37. The number of aromatic nitrogens is 4. The highest BCUT2D eigenvalue weighted by Crippen LogP contribution is 2.38. The molecule has 0 spiro atoms. The van der Waals surface area contributed by atoms with E-state index in [9.17, 15) is 31.1 Å². The molecule has 1 N–H and O–H groups in total. The fourth-order valence-electron chi connectivity index (χ4n) is 2.94. The van der Waals surface area contributed by atoms with Crippen LogP contribution in [0.15, 0.2) is 6.07 Å². The highest BCUT2D eigenvalue weighted by atomic mass is 19.4. The lowest BCUT2D eigenvalue weighted by molar-refractivity contribution is -0.145. The number of rotatable bonds is 3. The molecule has 0 bridgehead atoms. The molecule has 0 saturated heterocycles. The van der Waals surface area contributed by atoms with E-state index in [1.165, 1.54) is 11.0 Å². The fourth-order valence-corrected chi connectivity index (χ4v) is 2.94. The molecule has 8 nitrogen and oxygen atoms in total. The molecule has 2 aromatic heterocycles. The van der Waals surface area contributed by atoms with Crippen LogP contribution in [0.3, 0.4) is 0 Å². The lowest BCUT2D eigenvalue weighted by Crippen LogP contribution is -2.41. The zero-order valence-electron chi connectivity index (χ0n) is 15.3. The molecule has 0 radical (unpaired) electrons. The Morgan fingerprint density at radius 3 is 2.50 bits per heavy atom. The number of aryl methyl sites for hydroxylation is 1. The Bertz CT molecular complexity index is 1020. The minimum atomic E-state index is -5.22. The number of anilines is 1. The van der Waals surface area contributed by atoms with Gasteiger partial charge < -0.3 is 14.8 Å². The van der Waals surface area contributed by atoms with Gasteiger partial charge in [0.25, 0.3) is 0 Å². The van der Waals surface area contributed by atoms with Crippen LogP contribution in [0.2, 0.25) is 0 Å². The predicted octanol–water partition coefficient (Wildman–Crippen LogP) is 2.35. The van der Waals surface area contributed by atoms with Gasteiger partial charge in [-0.3, -0.25) is 4.79 Å². The van der Waals surface area contributed by atoms with Gasteiger partial charge in [0.05, 0.1) is 18.7 Å². The third-order valence-electron chi connectivity index (χ3n) is 4.43. The van der Waals surface area contributed by atoms with Crippen LogP contribution in [0.4, 0.5) is 32.2 Å². The number of nitrogens with one attached hydrogen (secondary N) is 1. The van der Waals surface area contributed by atoms with Crippen molar-refractivity contribution in [1.82, 2.24) is 24.6 Å². The van der Waals surface area contributed by atoms with Crippen molar-refractivity contribution < 1.29 is 31.1 Å². The number of fused-ring (bicyclic) bond motifs is 1. The third-order valence-corrected chi connectivity index (χ3v) is 4.43. The number of carbonyl (C=O) groups excluding carboxylic acids is 1. The molecule has 3 heterocycles. The van der Waals surface area contributed by atoms with Crippen LogP contribution in [-0.4, -0.2) is 43.6 Å². The van der Waals surface area contributed by atoms with Gasteiger partial charge in [-0.2, -0.15) is 31.6 Å². The van der Waals surface area contributed by atoms with Crippen LogP contribution in [-0.2, 0) is 30.2 Å². The van der Waals surface area contributed by atoms with E-state index >= 15 is 0 Å². The molecule has 0 aliphatic carbocycles. The average molecular weight is 433 g/mol. The molecular formula is C16H13F6N7O. The Labute approximate surface area is 165 Å². The van der Waals surface area contributed by atoms with E-state index in [4.69, 9.17) is 5.26 Å². The smallest absolute Gasteiger partial charge is 0.360 e. The van der Waals surface area contributed by atoms with Crippen LogP contribution in [0.25, 0.3) is 0 Å². The van der Waals surface area contributed by atoms with Crippen LogP contribution >= 0.6 is 0 Å². The van der Waals surface area contributed by atoms with Crippen molar-refractivity contribution in [3.05, 3.63) is 34.5 Å². The lowest BCUT2D eigenvalue weighted by Gasteiger charge is -2.28. The van der Waals surface area contributed by atoms with Gasteiger partial charge in [0, 0.05) is 13.1 Å². The monoisotopic (exact) mass is 433 g/mol. The van der Waals surface area contributed by atoms with Crippen molar-refractivity contribution in [2.45, 2.75) is 32.4 Å². The number of pyridine rings is 1. The van der Waals surface area contributed by atoms with E-state index in [1.54, 1.807) is 11.5 Å². The fraction of sp³-hybridized carbons (Fsp3) is 0.438. The molecular weight excluding hydrogens is 420 g/mol. The predicted molar refractivity (Wildman–Crippen MR) is 87.6 cm³/mol. The summed E-state index contributed by atoms with van der Waals surface area (Å²) in [5.41, 5.74) is -4.74. The largest absolute Gasteiger partial charge is 0.433 e. The number of amides is 1. The maximum atomic E-state index is 13.2. The molecule has 3 rings (SSSR count). The van der Waals surface area contributed by atoms with Crippen LogP contribution in [0.5, 0.6) is 0 Å². The minimum absolute atomic E-state index is 0.0796. The highest BCUT2D eigenvalue weighted by Gasteiger charge is 2.41. The highest BCUT2D eigenvalue weighted by molar-refractivity contribution is 5.81. The minimum Gasteiger partial charge on any atom is -0.360 e. The molecule has 1 aliphatic heterocycles. The molecule has 0 fully saturated rings. The first kappa shape index (κ1) is 21.3. The van der Waals surface area contributed by atoms with Crippen molar-refractivity contribution in [2.24, 2.45) is 0 Å². The zero-order chi connectivity index (χ0) is 22.3. The Balaban J connectivity index is 1.84. The van der Waals surface area contributed by atoms with Crippen molar-refractivity contribution in [3.63, 3.8) is 0 Å². The van der Waals surface area contributed by atoms with E-state index in [2.05, 4.69) is 20.5 Å². The molecule has 14 heteroatoms. The maximum Gasteiger partial charge on any atom is 0.433 e. The van der Waals surface area contributed by atoms with Gasteiger partial charge in [0.1, 0.15) is 29.0 Å². The molecule has 160 valence electrons. The second kappa shape index (κ2) is 7.47. The van der Waals surface area contributed by atoms with E-state index in [1.807, 2.05) is 0 Å². The number of nitrogens with zero attached hydrogens (tertiary/aromatic N) is 6. The standard InChI is InChI=1S/C16H13F6N7O/c1-8-26-27-12-7-28(2-3-29(8)12)13(30)6-24-14-9(5-23)10(15(17,18)19)4-11(25-14)16(20,21)22/h4H,2-3,6-7H2,1H3,(H,24,25). The lowest BCUT2D eigenvalue weighted by atomic mass is 10.1. The number of carbonyl (C=O) groups is 1. The van der Waals surface area contributed by atoms with Gasteiger partial charge in [-0.1, -0.05) is 0 Å². The summed E-state index contributed by atoms with van der Waals surface area (Å²) < 4.78 is 80.2. The summed E-state index contributed by atoms with van der Waals surface area (Å²) in [4.78, 5) is 16.8. The van der Waals surface area contributed by atoms with Crippen LogP contribution < -0.4 is 5.32 Å². The first-order chi connectivity index (χ1) is 13.9. The normalized spacial score (nSPS) is 14.3. The molecule has 0 saturated carbocycles. The summed E-state index contributed by atoms with van der Waals surface area (Å²) in [6.07, 6.45) is -10.4. The van der Waals surface area contributed by atoms with Gasteiger partial charge in [-0.15, -0.1) is 10.2 Å². The number of halogens is 6. The maximum absolute atomic E-state index is 13.2. The summed E-state index contributed by atoms with van der Waals surface area (Å²) in [5.74, 6) is -0.425. The van der Waals surface area contributed by atoms with Gasteiger partial charge in [0.2, 0.25) is 5.91 Å². The van der Waals surface area contributed by atoms with Crippen molar-refractivity contribution in [2.75, 3.05) is 18.4 Å². The van der Waals surface area contributed by atoms with E-state index in [0.717, 1.165) is 0 Å². The topological polar surface area (TPSA) is 99.7 Å². The summed E-state index contributed by atoms with van der Waals surface area (Å²) >= 11 is 0. The molecule has 1 amide bonds. The van der Waals surface area contributed by atoms with Crippen LogP contribution in [0, 0.1) is 18.3 Å².